The molecular formula is C27H29NO. The van der Waals surface area contributed by atoms with Gasteiger partial charge in [-0.15, -0.1) is 0 Å². The molecule has 1 spiro atoms. The number of nitrogens with zero attached hydrogens (tertiary/aromatic N) is 1. The minimum absolute atomic E-state index is 0.0438. The Morgan fingerprint density at radius 1 is 1.03 bits per heavy atom. The Hall–Kier alpha value is -2.58. The molecule has 5 rings (SSSR count). The Morgan fingerprint density at radius 2 is 1.86 bits per heavy atom. The predicted molar refractivity (Wildman–Crippen MR) is 123 cm³/mol. The molecule has 1 atom stereocenters. The van der Waals surface area contributed by atoms with E-state index in [9.17, 15) is 5.11 Å². The summed E-state index contributed by atoms with van der Waals surface area (Å²) in [5.74, 6) is 0. The van der Waals surface area contributed by atoms with E-state index < -0.39 is 0 Å². The molecule has 2 aliphatic rings. The fraction of sp³-hybridized carbons (Fsp3) is 0.333. The molecule has 0 saturated heterocycles. The molecule has 0 bridgehead atoms. The lowest BCUT2D eigenvalue weighted by Gasteiger charge is -2.46. The van der Waals surface area contributed by atoms with Crippen molar-refractivity contribution in [2.45, 2.75) is 44.6 Å². The van der Waals surface area contributed by atoms with Crippen molar-refractivity contribution in [3.05, 3.63) is 82.9 Å². The highest BCUT2D eigenvalue weighted by molar-refractivity contribution is 5.92. The second-order valence-corrected chi connectivity index (χ2v) is 9.14. The van der Waals surface area contributed by atoms with Crippen molar-refractivity contribution in [1.29, 1.82) is 0 Å². The van der Waals surface area contributed by atoms with Crippen LogP contribution in [0.1, 0.15) is 42.5 Å². The maximum Gasteiger partial charge on any atom is 0.0684 e. The van der Waals surface area contributed by atoms with E-state index >= 15 is 0 Å². The molecule has 1 aliphatic heterocycles. The van der Waals surface area contributed by atoms with Crippen molar-refractivity contribution < 1.29 is 5.11 Å². The topological polar surface area (TPSA) is 23.5 Å². The van der Waals surface area contributed by atoms with E-state index in [1.165, 1.54) is 38.7 Å². The van der Waals surface area contributed by atoms with E-state index in [1.54, 1.807) is 0 Å². The molecule has 148 valence electrons. The highest BCUT2D eigenvalue weighted by Crippen LogP contribution is 2.55. The third-order valence-electron chi connectivity index (χ3n) is 7.37. The van der Waals surface area contributed by atoms with Crippen LogP contribution < -0.4 is 4.90 Å². The standard InChI is InChI=1S/C27H29NO/c1-19-8-11-25-24(18-19)26(2,3)27(28(25)16-17-29)14-12-21-10-9-20-6-4-5-7-22(20)23(21)13-15-27/h4-11,13,15,18,29H,12,14,16-17H2,1-3H3. The molecule has 2 heteroatoms. The summed E-state index contributed by atoms with van der Waals surface area (Å²) in [6.45, 7) is 7.74. The Bertz CT molecular complexity index is 1130. The number of aliphatic hydroxyl groups is 1. The van der Waals surface area contributed by atoms with Crippen LogP contribution in [-0.4, -0.2) is 23.8 Å². The Kier molecular flexibility index (Phi) is 4.11. The zero-order chi connectivity index (χ0) is 20.2. The van der Waals surface area contributed by atoms with Gasteiger partial charge in [-0.2, -0.15) is 0 Å². The summed E-state index contributed by atoms with van der Waals surface area (Å²) in [5, 5.41) is 12.5. The molecule has 0 fully saturated rings. The number of hydrogen-bond acceptors (Lipinski definition) is 2. The fourth-order valence-electron chi connectivity index (χ4n) is 5.72. The lowest BCUT2D eigenvalue weighted by Crippen LogP contribution is -2.55. The Morgan fingerprint density at radius 3 is 2.69 bits per heavy atom. The third-order valence-corrected chi connectivity index (χ3v) is 7.37. The number of aryl methyl sites for hydroxylation is 2. The zero-order valence-corrected chi connectivity index (χ0v) is 17.6. The largest absolute Gasteiger partial charge is 0.395 e. The second-order valence-electron chi connectivity index (χ2n) is 9.14. The maximum absolute atomic E-state index is 9.91. The quantitative estimate of drug-likeness (QED) is 0.619. The first-order chi connectivity index (χ1) is 14.0. The lowest BCUT2D eigenvalue weighted by molar-refractivity contribution is 0.261. The molecule has 1 N–H and O–H groups in total. The zero-order valence-electron chi connectivity index (χ0n) is 17.6. The van der Waals surface area contributed by atoms with Crippen LogP contribution in [-0.2, 0) is 11.8 Å². The molecule has 3 aromatic rings. The van der Waals surface area contributed by atoms with Crippen LogP contribution in [0.4, 0.5) is 5.69 Å². The van der Waals surface area contributed by atoms with E-state index in [0.717, 1.165) is 12.8 Å². The van der Waals surface area contributed by atoms with E-state index in [4.69, 9.17) is 0 Å². The first-order valence-electron chi connectivity index (χ1n) is 10.7. The van der Waals surface area contributed by atoms with Crippen LogP contribution in [0.15, 0.2) is 60.7 Å². The highest BCUT2D eigenvalue weighted by Gasteiger charge is 2.55. The van der Waals surface area contributed by atoms with Gasteiger partial charge in [0.1, 0.15) is 0 Å². The van der Waals surface area contributed by atoms with Crippen molar-refractivity contribution in [1.82, 2.24) is 0 Å². The molecule has 3 aromatic carbocycles. The fourth-order valence-corrected chi connectivity index (χ4v) is 5.72. The Balaban J connectivity index is 1.71. The number of rotatable bonds is 2. The summed E-state index contributed by atoms with van der Waals surface area (Å²) < 4.78 is 0. The summed E-state index contributed by atoms with van der Waals surface area (Å²) in [7, 11) is 0. The van der Waals surface area contributed by atoms with Gasteiger partial charge in [0, 0.05) is 17.6 Å². The smallest absolute Gasteiger partial charge is 0.0684 e. The van der Waals surface area contributed by atoms with E-state index in [-0.39, 0.29) is 17.6 Å². The van der Waals surface area contributed by atoms with Gasteiger partial charge >= 0.3 is 0 Å². The number of hydrogen-bond donors (Lipinski definition) is 1. The number of anilines is 1. The van der Waals surface area contributed by atoms with Crippen molar-refractivity contribution in [2.24, 2.45) is 0 Å². The lowest BCUT2D eigenvalue weighted by atomic mass is 9.68. The molecule has 29 heavy (non-hydrogen) atoms. The number of benzene rings is 3. The van der Waals surface area contributed by atoms with Crippen LogP contribution in [0.2, 0.25) is 0 Å². The van der Waals surface area contributed by atoms with Crippen molar-refractivity contribution in [2.75, 3.05) is 18.1 Å². The van der Waals surface area contributed by atoms with Crippen LogP contribution >= 0.6 is 0 Å². The van der Waals surface area contributed by atoms with Gasteiger partial charge < -0.3 is 10.0 Å². The van der Waals surface area contributed by atoms with E-state index in [2.05, 4.69) is 92.4 Å². The predicted octanol–water partition coefficient (Wildman–Crippen LogP) is 5.64. The van der Waals surface area contributed by atoms with Crippen LogP contribution in [0.5, 0.6) is 0 Å². The van der Waals surface area contributed by atoms with Gasteiger partial charge in [-0.25, -0.2) is 0 Å². The van der Waals surface area contributed by atoms with Gasteiger partial charge in [0.25, 0.3) is 0 Å². The molecule has 1 heterocycles. The van der Waals surface area contributed by atoms with Crippen LogP contribution in [0.25, 0.3) is 16.8 Å². The number of β-amino-alcohol motifs (C(OH)–C–C–N with tert-alkyl or cyclic N) is 1. The van der Waals surface area contributed by atoms with E-state index in [0.29, 0.717) is 6.54 Å². The molecule has 0 radical (unpaired) electrons. The van der Waals surface area contributed by atoms with Gasteiger partial charge in [-0.05, 0) is 53.3 Å². The molecule has 0 saturated carbocycles. The van der Waals surface area contributed by atoms with E-state index in [1.807, 2.05) is 0 Å². The van der Waals surface area contributed by atoms with Crippen molar-refractivity contribution in [3.63, 3.8) is 0 Å². The summed E-state index contributed by atoms with van der Waals surface area (Å²) in [6, 6.07) is 20.0. The summed E-state index contributed by atoms with van der Waals surface area (Å²) in [6.07, 6.45) is 6.87. The van der Waals surface area contributed by atoms with Gasteiger partial charge in [0.2, 0.25) is 0 Å². The van der Waals surface area contributed by atoms with Gasteiger partial charge in [0.05, 0.1) is 12.1 Å². The number of fused-ring (bicyclic) bond motifs is 4. The minimum atomic E-state index is -0.147. The van der Waals surface area contributed by atoms with Gasteiger partial charge in [0.15, 0.2) is 0 Å². The number of aliphatic hydroxyl groups excluding tert-OH is 1. The van der Waals surface area contributed by atoms with Crippen molar-refractivity contribution >= 4 is 22.5 Å². The molecule has 0 aromatic heterocycles. The summed E-state index contributed by atoms with van der Waals surface area (Å²) in [5.41, 5.74) is 6.55. The third kappa shape index (κ3) is 2.52. The first kappa shape index (κ1) is 18.4. The molecule has 1 aliphatic carbocycles. The maximum atomic E-state index is 9.91. The second kappa shape index (κ2) is 6.47. The molecular weight excluding hydrogens is 354 g/mol. The SMILES string of the molecule is Cc1ccc2c(c1)C(C)(C)C1(C=Cc3c(ccc4ccccc34)CC1)N2CCO. The minimum Gasteiger partial charge on any atom is -0.395 e. The summed E-state index contributed by atoms with van der Waals surface area (Å²) >= 11 is 0. The first-order valence-corrected chi connectivity index (χ1v) is 10.7. The van der Waals surface area contributed by atoms with Crippen LogP contribution in [0, 0.1) is 6.92 Å². The van der Waals surface area contributed by atoms with Gasteiger partial charge in [-0.3, -0.25) is 0 Å². The van der Waals surface area contributed by atoms with Crippen LogP contribution in [0.3, 0.4) is 0 Å². The highest BCUT2D eigenvalue weighted by atomic mass is 16.3. The van der Waals surface area contributed by atoms with Gasteiger partial charge in [-0.1, -0.05) is 80.1 Å². The van der Waals surface area contributed by atoms with Crippen molar-refractivity contribution in [3.8, 4) is 0 Å². The normalized spacial score (nSPS) is 22.0. The monoisotopic (exact) mass is 383 g/mol. The summed E-state index contributed by atoms with van der Waals surface area (Å²) in [4.78, 5) is 2.46. The average molecular weight is 384 g/mol. The molecule has 1 unspecified atom stereocenters. The Labute approximate surface area is 173 Å². The molecule has 0 amide bonds. The average Bonchev–Trinajstić information content (AvgIpc) is 2.85. The molecule has 2 nitrogen and oxygen atoms in total.